The predicted octanol–water partition coefficient (Wildman–Crippen LogP) is 2.20. The van der Waals surface area contributed by atoms with E-state index in [2.05, 4.69) is 5.32 Å². The molecule has 1 fully saturated rings. The second kappa shape index (κ2) is 6.36. The molecule has 0 radical (unpaired) electrons. The van der Waals surface area contributed by atoms with Crippen LogP contribution < -0.4 is 5.32 Å². The summed E-state index contributed by atoms with van der Waals surface area (Å²) < 4.78 is 0. The lowest BCUT2D eigenvalue weighted by Gasteiger charge is -2.15. The van der Waals surface area contributed by atoms with E-state index < -0.39 is 0 Å². The highest BCUT2D eigenvalue weighted by Crippen LogP contribution is 2.13. The van der Waals surface area contributed by atoms with Gasteiger partial charge in [-0.3, -0.25) is 9.59 Å². The van der Waals surface area contributed by atoms with Crippen LogP contribution in [0.15, 0.2) is 24.3 Å². The van der Waals surface area contributed by atoms with E-state index in [-0.39, 0.29) is 11.8 Å². The smallest absolute Gasteiger partial charge is 0.226 e. The molecule has 0 atom stereocenters. The average Bonchev–Trinajstić information content (AvgIpc) is 2.95. The molecule has 0 saturated carbocycles. The molecular formula is C15H20N2O2. The first-order valence-electron chi connectivity index (χ1n) is 6.85. The summed E-state index contributed by atoms with van der Waals surface area (Å²) in [5.41, 5.74) is 1.77. The minimum absolute atomic E-state index is 0.000827. The Morgan fingerprint density at radius 1 is 1.16 bits per heavy atom. The molecule has 4 heteroatoms. The zero-order valence-corrected chi connectivity index (χ0v) is 11.3. The number of rotatable bonds is 4. The van der Waals surface area contributed by atoms with Gasteiger partial charge in [-0.2, -0.15) is 0 Å². The summed E-state index contributed by atoms with van der Waals surface area (Å²) in [6, 6.07) is 7.50. The van der Waals surface area contributed by atoms with E-state index in [1.54, 1.807) is 0 Å². The van der Waals surface area contributed by atoms with Crippen LogP contribution in [0.1, 0.15) is 31.7 Å². The van der Waals surface area contributed by atoms with Crippen LogP contribution in [-0.2, 0) is 16.0 Å². The topological polar surface area (TPSA) is 49.4 Å². The van der Waals surface area contributed by atoms with Crippen molar-refractivity contribution in [2.75, 3.05) is 18.4 Å². The van der Waals surface area contributed by atoms with Crippen LogP contribution in [0.2, 0.25) is 0 Å². The van der Waals surface area contributed by atoms with Crippen LogP contribution in [0.25, 0.3) is 0 Å². The molecule has 1 aromatic rings. The molecule has 102 valence electrons. The second-order valence-electron chi connectivity index (χ2n) is 4.86. The third-order valence-electron chi connectivity index (χ3n) is 3.37. The molecule has 19 heavy (non-hydrogen) atoms. The number of nitrogens with zero attached hydrogens (tertiary/aromatic N) is 1. The number of anilines is 1. The Bertz CT molecular complexity index is 448. The Hall–Kier alpha value is -1.84. The first-order chi connectivity index (χ1) is 9.19. The highest BCUT2D eigenvalue weighted by atomic mass is 16.2. The fourth-order valence-electron chi connectivity index (χ4n) is 2.21. The second-order valence-corrected chi connectivity index (χ2v) is 4.86. The number of nitrogens with one attached hydrogen (secondary N) is 1. The molecule has 1 aliphatic rings. The van der Waals surface area contributed by atoms with Crippen molar-refractivity contribution in [3.8, 4) is 0 Å². The normalized spacial score (nSPS) is 14.5. The monoisotopic (exact) mass is 260 g/mol. The van der Waals surface area contributed by atoms with Crippen molar-refractivity contribution in [3.05, 3.63) is 29.8 Å². The molecule has 1 aromatic carbocycles. The molecule has 0 aromatic heterocycles. The zero-order valence-electron chi connectivity index (χ0n) is 11.3. The number of hydrogen-bond donors (Lipinski definition) is 1. The minimum atomic E-state index is 0.000827. The third-order valence-corrected chi connectivity index (χ3v) is 3.37. The highest BCUT2D eigenvalue weighted by molar-refractivity contribution is 5.90. The Kier molecular flexibility index (Phi) is 4.55. The van der Waals surface area contributed by atoms with E-state index >= 15 is 0 Å². The van der Waals surface area contributed by atoms with Gasteiger partial charge < -0.3 is 10.2 Å². The van der Waals surface area contributed by atoms with E-state index in [4.69, 9.17) is 0 Å². The summed E-state index contributed by atoms with van der Waals surface area (Å²) in [5.74, 6) is 0.198. The SMILES string of the molecule is CCC(=O)Nc1ccc(CC(=O)N2CCCC2)cc1. The summed E-state index contributed by atoms with van der Waals surface area (Å²) >= 11 is 0. The van der Waals surface area contributed by atoms with Crippen molar-refractivity contribution in [2.45, 2.75) is 32.6 Å². The summed E-state index contributed by atoms with van der Waals surface area (Å²) in [5, 5.41) is 2.79. The number of likely N-dealkylation sites (tertiary alicyclic amines) is 1. The average molecular weight is 260 g/mol. The summed E-state index contributed by atoms with van der Waals surface area (Å²) in [6.45, 7) is 3.60. The van der Waals surface area contributed by atoms with E-state index in [1.807, 2.05) is 36.1 Å². The molecule has 1 heterocycles. The fraction of sp³-hybridized carbons (Fsp3) is 0.467. The van der Waals surface area contributed by atoms with Crippen molar-refractivity contribution in [2.24, 2.45) is 0 Å². The first-order valence-corrected chi connectivity index (χ1v) is 6.85. The zero-order chi connectivity index (χ0) is 13.7. The van der Waals surface area contributed by atoms with Gasteiger partial charge in [0.25, 0.3) is 0 Å². The number of benzene rings is 1. The molecule has 0 bridgehead atoms. The van der Waals surface area contributed by atoms with E-state index in [0.29, 0.717) is 12.8 Å². The van der Waals surface area contributed by atoms with E-state index in [9.17, 15) is 9.59 Å². The van der Waals surface area contributed by atoms with Crippen LogP contribution in [0.3, 0.4) is 0 Å². The summed E-state index contributed by atoms with van der Waals surface area (Å²) in [6.07, 6.45) is 3.15. The van der Waals surface area contributed by atoms with Crippen molar-refractivity contribution in [1.29, 1.82) is 0 Å². The van der Waals surface area contributed by atoms with Gasteiger partial charge >= 0.3 is 0 Å². The summed E-state index contributed by atoms with van der Waals surface area (Å²) in [7, 11) is 0. The maximum Gasteiger partial charge on any atom is 0.226 e. The first kappa shape index (κ1) is 13.6. The molecule has 1 N–H and O–H groups in total. The standard InChI is InChI=1S/C15H20N2O2/c1-2-14(18)16-13-7-5-12(6-8-13)11-15(19)17-9-3-4-10-17/h5-8H,2-4,9-11H2,1H3,(H,16,18). The number of hydrogen-bond acceptors (Lipinski definition) is 2. The van der Waals surface area contributed by atoms with Crippen LogP contribution >= 0.6 is 0 Å². The maximum absolute atomic E-state index is 12.0. The molecular weight excluding hydrogens is 240 g/mol. The molecule has 2 rings (SSSR count). The van der Waals surface area contributed by atoms with Gasteiger partial charge in [0.2, 0.25) is 11.8 Å². The molecule has 2 amide bonds. The molecule has 0 unspecified atom stereocenters. The molecule has 0 aliphatic carbocycles. The van der Waals surface area contributed by atoms with Crippen molar-refractivity contribution in [3.63, 3.8) is 0 Å². The minimum Gasteiger partial charge on any atom is -0.342 e. The Balaban J connectivity index is 1.91. The molecule has 1 aliphatic heterocycles. The van der Waals surface area contributed by atoms with Gasteiger partial charge in [0.05, 0.1) is 6.42 Å². The van der Waals surface area contributed by atoms with Gasteiger partial charge in [-0.05, 0) is 30.5 Å². The lowest BCUT2D eigenvalue weighted by Crippen LogP contribution is -2.29. The van der Waals surface area contributed by atoms with Gasteiger partial charge in [-0.15, -0.1) is 0 Å². The van der Waals surface area contributed by atoms with Gasteiger partial charge in [0.1, 0.15) is 0 Å². The molecule has 4 nitrogen and oxygen atoms in total. The number of carbonyl (C=O) groups is 2. The Labute approximate surface area is 113 Å². The van der Waals surface area contributed by atoms with Crippen LogP contribution in [0.5, 0.6) is 0 Å². The highest BCUT2D eigenvalue weighted by Gasteiger charge is 2.17. The number of amides is 2. The quantitative estimate of drug-likeness (QED) is 0.902. The van der Waals surface area contributed by atoms with Gasteiger partial charge in [0.15, 0.2) is 0 Å². The Morgan fingerprint density at radius 3 is 2.37 bits per heavy atom. The largest absolute Gasteiger partial charge is 0.342 e. The summed E-state index contributed by atoms with van der Waals surface area (Å²) in [4.78, 5) is 25.1. The van der Waals surface area contributed by atoms with Crippen molar-refractivity contribution >= 4 is 17.5 Å². The van der Waals surface area contributed by atoms with Crippen molar-refractivity contribution in [1.82, 2.24) is 4.90 Å². The third kappa shape index (κ3) is 3.81. The molecule has 0 spiro atoms. The lowest BCUT2D eigenvalue weighted by atomic mass is 10.1. The number of carbonyl (C=O) groups excluding carboxylic acids is 2. The van der Waals surface area contributed by atoms with E-state index in [0.717, 1.165) is 37.2 Å². The van der Waals surface area contributed by atoms with Crippen LogP contribution in [0, 0.1) is 0 Å². The van der Waals surface area contributed by atoms with Crippen LogP contribution in [-0.4, -0.2) is 29.8 Å². The van der Waals surface area contributed by atoms with Gasteiger partial charge in [0, 0.05) is 25.2 Å². The Morgan fingerprint density at radius 2 is 1.79 bits per heavy atom. The van der Waals surface area contributed by atoms with Gasteiger partial charge in [-0.1, -0.05) is 19.1 Å². The predicted molar refractivity (Wildman–Crippen MR) is 74.9 cm³/mol. The van der Waals surface area contributed by atoms with Gasteiger partial charge in [-0.25, -0.2) is 0 Å². The lowest BCUT2D eigenvalue weighted by molar-refractivity contribution is -0.129. The molecule has 1 saturated heterocycles. The maximum atomic E-state index is 12.0. The van der Waals surface area contributed by atoms with Crippen molar-refractivity contribution < 1.29 is 9.59 Å². The fourth-order valence-corrected chi connectivity index (χ4v) is 2.21. The van der Waals surface area contributed by atoms with Crippen LogP contribution in [0.4, 0.5) is 5.69 Å². The van der Waals surface area contributed by atoms with E-state index in [1.165, 1.54) is 0 Å².